The van der Waals surface area contributed by atoms with E-state index in [0.29, 0.717) is 26.2 Å². The van der Waals surface area contributed by atoms with Gasteiger partial charge in [0.05, 0.1) is 13.2 Å². The second-order valence-electron chi connectivity index (χ2n) is 5.21. The van der Waals surface area contributed by atoms with E-state index >= 15 is 0 Å². The molecule has 1 N–H and O–H groups in total. The highest BCUT2D eigenvalue weighted by Gasteiger charge is 2.00. The quantitative estimate of drug-likeness (QED) is 0.287. The van der Waals surface area contributed by atoms with Crippen LogP contribution in [0.5, 0.6) is 0 Å². The monoisotopic (exact) mass is 313 g/mol. The highest BCUT2D eigenvalue weighted by atomic mass is 16.6. The number of ether oxygens (including phenoxy) is 2. The summed E-state index contributed by atoms with van der Waals surface area (Å²) in [4.78, 5) is 22.3. The Balaban J connectivity index is 3.22. The standard InChI is InChI=1S/C17H31NO4/c1-3-5-6-7-8-9-10-11-16(19)18-12-13-21-14-15-22-17(20)4-2/h4H,2-3,5-15H2,1H3,(H,18,19). The molecule has 128 valence electrons. The van der Waals surface area contributed by atoms with Crippen LogP contribution < -0.4 is 5.32 Å². The molecule has 22 heavy (non-hydrogen) atoms. The third kappa shape index (κ3) is 15.0. The Hall–Kier alpha value is -1.36. The maximum absolute atomic E-state index is 11.5. The van der Waals surface area contributed by atoms with Crippen LogP contribution in [0.2, 0.25) is 0 Å². The van der Waals surface area contributed by atoms with E-state index in [-0.39, 0.29) is 12.5 Å². The van der Waals surface area contributed by atoms with Crippen LogP contribution in [0.4, 0.5) is 0 Å². The molecule has 0 aromatic carbocycles. The fourth-order valence-electron chi connectivity index (χ4n) is 1.96. The van der Waals surface area contributed by atoms with E-state index in [1.807, 2.05) is 0 Å². The molecule has 0 aromatic rings. The molecule has 1 amide bonds. The van der Waals surface area contributed by atoms with Crippen molar-refractivity contribution in [3.05, 3.63) is 12.7 Å². The summed E-state index contributed by atoms with van der Waals surface area (Å²) in [7, 11) is 0. The van der Waals surface area contributed by atoms with Gasteiger partial charge in [-0.25, -0.2) is 4.79 Å². The van der Waals surface area contributed by atoms with Crippen molar-refractivity contribution in [2.75, 3.05) is 26.4 Å². The number of hydrogen-bond acceptors (Lipinski definition) is 4. The minimum absolute atomic E-state index is 0.0789. The van der Waals surface area contributed by atoms with E-state index in [2.05, 4.69) is 18.8 Å². The average molecular weight is 313 g/mol. The lowest BCUT2D eigenvalue weighted by Crippen LogP contribution is -2.27. The number of nitrogens with one attached hydrogen (secondary N) is 1. The molecule has 0 aromatic heterocycles. The predicted molar refractivity (Wildman–Crippen MR) is 87.6 cm³/mol. The Labute approximate surface area is 134 Å². The summed E-state index contributed by atoms with van der Waals surface area (Å²) in [6, 6.07) is 0. The van der Waals surface area contributed by atoms with Crippen LogP contribution in [0.1, 0.15) is 58.3 Å². The van der Waals surface area contributed by atoms with Gasteiger partial charge in [-0.1, -0.05) is 52.0 Å². The normalized spacial score (nSPS) is 10.2. The largest absolute Gasteiger partial charge is 0.460 e. The number of carbonyl (C=O) groups excluding carboxylic acids is 2. The summed E-state index contributed by atoms with van der Waals surface area (Å²) in [5.74, 6) is -0.373. The van der Waals surface area contributed by atoms with Gasteiger partial charge in [-0.15, -0.1) is 0 Å². The Bertz CT molecular complexity index is 305. The zero-order chi connectivity index (χ0) is 16.5. The SMILES string of the molecule is C=CC(=O)OCCOCCNC(=O)CCCCCCCCC. The van der Waals surface area contributed by atoms with Crippen LogP contribution in [0.3, 0.4) is 0 Å². The van der Waals surface area contributed by atoms with E-state index in [1.54, 1.807) is 0 Å². The van der Waals surface area contributed by atoms with Crippen LogP contribution in [0.15, 0.2) is 12.7 Å². The first kappa shape index (κ1) is 20.6. The zero-order valence-corrected chi connectivity index (χ0v) is 13.9. The highest BCUT2D eigenvalue weighted by molar-refractivity contribution is 5.81. The van der Waals surface area contributed by atoms with Crippen molar-refractivity contribution < 1.29 is 19.1 Å². The topological polar surface area (TPSA) is 64.6 Å². The van der Waals surface area contributed by atoms with Crippen molar-refractivity contribution >= 4 is 11.9 Å². The Kier molecular flexibility index (Phi) is 15.0. The van der Waals surface area contributed by atoms with Crippen molar-refractivity contribution in [1.82, 2.24) is 5.32 Å². The number of hydrogen-bond donors (Lipinski definition) is 1. The summed E-state index contributed by atoms with van der Waals surface area (Å²) < 4.78 is 9.98. The lowest BCUT2D eigenvalue weighted by atomic mass is 10.1. The molecule has 0 bridgehead atoms. The van der Waals surface area contributed by atoms with Gasteiger partial charge in [0.1, 0.15) is 6.61 Å². The zero-order valence-electron chi connectivity index (χ0n) is 13.9. The first-order valence-electron chi connectivity index (χ1n) is 8.34. The fourth-order valence-corrected chi connectivity index (χ4v) is 1.96. The van der Waals surface area contributed by atoms with E-state index < -0.39 is 5.97 Å². The van der Waals surface area contributed by atoms with E-state index in [1.165, 1.54) is 32.1 Å². The van der Waals surface area contributed by atoms with Crippen molar-refractivity contribution in [1.29, 1.82) is 0 Å². The molecule has 0 atom stereocenters. The molecule has 0 radical (unpaired) electrons. The lowest BCUT2D eigenvalue weighted by molar-refractivity contribution is -0.139. The molecule has 0 heterocycles. The molecule has 0 unspecified atom stereocenters. The Morgan fingerprint density at radius 1 is 1.00 bits per heavy atom. The lowest BCUT2D eigenvalue weighted by Gasteiger charge is -2.07. The summed E-state index contributed by atoms with van der Waals surface area (Å²) >= 11 is 0. The molecule has 0 rings (SSSR count). The van der Waals surface area contributed by atoms with Crippen molar-refractivity contribution in [3.63, 3.8) is 0 Å². The second kappa shape index (κ2) is 16.0. The molecular weight excluding hydrogens is 282 g/mol. The maximum Gasteiger partial charge on any atom is 0.330 e. The van der Waals surface area contributed by atoms with Gasteiger partial charge < -0.3 is 14.8 Å². The van der Waals surface area contributed by atoms with Crippen LogP contribution in [-0.4, -0.2) is 38.2 Å². The fraction of sp³-hybridized carbons (Fsp3) is 0.765. The van der Waals surface area contributed by atoms with Crippen molar-refractivity contribution in [2.24, 2.45) is 0 Å². The van der Waals surface area contributed by atoms with Crippen molar-refractivity contribution in [3.8, 4) is 0 Å². The third-order valence-electron chi connectivity index (χ3n) is 3.21. The van der Waals surface area contributed by atoms with Gasteiger partial charge in [-0.3, -0.25) is 4.79 Å². The van der Waals surface area contributed by atoms with Crippen LogP contribution >= 0.6 is 0 Å². The summed E-state index contributed by atoms with van der Waals surface area (Å²) in [5, 5.41) is 2.82. The summed E-state index contributed by atoms with van der Waals surface area (Å²) in [6.45, 7) is 6.95. The molecule has 0 saturated heterocycles. The predicted octanol–water partition coefficient (Wildman–Crippen LogP) is 2.99. The van der Waals surface area contributed by atoms with E-state index in [4.69, 9.17) is 9.47 Å². The first-order valence-corrected chi connectivity index (χ1v) is 8.34. The number of esters is 1. The van der Waals surface area contributed by atoms with Gasteiger partial charge in [0.15, 0.2) is 0 Å². The third-order valence-corrected chi connectivity index (χ3v) is 3.21. The smallest absolute Gasteiger partial charge is 0.330 e. The number of rotatable bonds is 15. The Morgan fingerprint density at radius 3 is 2.36 bits per heavy atom. The van der Waals surface area contributed by atoms with E-state index in [0.717, 1.165) is 18.9 Å². The second-order valence-corrected chi connectivity index (χ2v) is 5.21. The molecule has 0 spiro atoms. The van der Waals surface area contributed by atoms with Gasteiger partial charge in [0, 0.05) is 19.0 Å². The summed E-state index contributed by atoms with van der Waals surface area (Å²) in [6.07, 6.45) is 10.2. The Morgan fingerprint density at radius 2 is 1.68 bits per heavy atom. The summed E-state index contributed by atoms with van der Waals surface area (Å²) in [5.41, 5.74) is 0. The first-order chi connectivity index (χ1) is 10.7. The average Bonchev–Trinajstić information content (AvgIpc) is 2.52. The molecule has 0 aliphatic heterocycles. The molecule has 5 heteroatoms. The highest BCUT2D eigenvalue weighted by Crippen LogP contribution is 2.08. The van der Waals surface area contributed by atoms with Gasteiger partial charge in [0.2, 0.25) is 5.91 Å². The van der Waals surface area contributed by atoms with E-state index in [9.17, 15) is 9.59 Å². The van der Waals surface area contributed by atoms with Crippen LogP contribution in [0.25, 0.3) is 0 Å². The molecule has 0 fully saturated rings. The molecule has 5 nitrogen and oxygen atoms in total. The molecule has 0 aliphatic carbocycles. The number of carbonyl (C=O) groups is 2. The van der Waals surface area contributed by atoms with Gasteiger partial charge >= 0.3 is 5.97 Å². The van der Waals surface area contributed by atoms with Crippen LogP contribution in [0, 0.1) is 0 Å². The minimum Gasteiger partial charge on any atom is -0.460 e. The van der Waals surface area contributed by atoms with Gasteiger partial charge in [-0.2, -0.15) is 0 Å². The number of unbranched alkanes of at least 4 members (excludes halogenated alkanes) is 6. The molecule has 0 saturated carbocycles. The minimum atomic E-state index is -0.452. The van der Waals surface area contributed by atoms with Gasteiger partial charge in [-0.05, 0) is 6.42 Å². The maximum atomic E-state index is 11.5. The van der Waals surface area contributed by atoms with Gasteiger partial charge in [0.25, 0.3) is 0 Å². The molecule has 0 aliphatic rings. The molecular formula is C17H31NO4. The number of amides is 1. The van der Waals surface area contributed by atoms with Crippen molar-refractivity contribution in [2.45, 2.75) is 58.3 Å². The van der Waals surface area contributed by atoms with Crippen LogP contribution in [-0.2, 0) is 19.1 Å².